The van der Waals surface area contributed by atoms with Gasteiger partial charge in [-0.3, -0.25) is 0 Å². The Morgan fingerprint density at radius 3 is 2.94 bits per heavy atom. The van der Waals surface area contributed by atoms with E-state index in [1.54, 1.807) is 17.8 Å². The van der Waals surface area contributed by atoms with Gasteiger partial charge in [0.15, 0.2) is 0 Å². The van der Waals surface area contributed by atoms with Gasteiger partial charge in [-0.2, -0.15) is 0 Å². The van der Waals surface area contributed by atoms with E-state index in [-0.39, 0.29) is 11.9 Å². The zero-order chi connectivity index (χ0) is 11.8. The lowest BCUT2D eigenvalue weighted by molar-refractivity contribution is 0.542. The lowest BCUT2D eigenvalue weighted by atomic mass is 10.1. The molecule has 1 N–H and O–H groups in total. The lowest BCUT2D eigenvalue weighted by Gasteiger charge is -2.14. The lowest BCUT2D eigenvalue weighted by Crippen LogP contribution is -2.22. The van der Waals surface area contributed by atoms with Crippen LogP contribution in [0.4, 0.5) is 4.39 Å². The molecule has 1 aromatic rings. The molecule has 1 rings (SSSR count). The van der Waals surface area contributed by atoms with Crippen molar-refractivity contribution in [2.75, 3.05) is 18.1 Å². The molecular formula is C13H16FNS. The molecule has 0 spiro atoms. The Kier molecular flexibility index (Phi) is 5.99. The molecule has 0 saturated carbocycles. The average Bonchev–Trinajstić information content (AvgIpc) is 2.29. The number of benzene rings is 1. The predicted octanol–water partition coefficient (Wildman–Crippen LogP) is 2.84. The van der Waals surface area contributed by atoms with Gasteiger partial charge in [-0.1, -0.05) is 24.1 Å². The van der Waals surface area contributed by atoms with Crippen LogP contribution in [0, 0.1) is 18.2 Å². The molecule has 86 valence electrons. The maximum atomic E-state index is 13.4. The smallest absolute Gasteiger partial charge is 0.127 e. The monoisotopic (exact) mass is 237 g/mol. The second kappa shape index (κ2) is 7.32. The Morgan fingerprint density at radius 1 is 1.50 bits per heavy atom. The molecule has 0 aromatic heterocycles. The molecule has 1 aromatic carbocycles. The third-order valence-electron chi connectivity index (χ3n) is 2.25. The molecule has 1 nitrogen and oxygen atoms in total. The number of rotatable bonds is 6. The summed E-state index contributed by atoms with van der Waals surface area (Å²) in [6, 6.07) is 6.88. The van der Waals surface area contributed by atoms with E-state index in [1.165, 1.54) is 6.07 Å². The highest BCUT2D eigenvalue weighted by atomic mass is 32.2. The fourth-order valence-corrected chi connectivity index (χ4v) is 1.94. The van der Waals surface area contributed by atoms with Gasteiger partial charge in [0.1, 0.15) is 5.82 Å². The number of halogens is 1. The normalized spacial score (nSPS) is 12.1. The fraction of sp³-hybridized carbons (Fsp3) is 0.385. The Labute approximate surface area is 101 Å². The molecule has 0 bridgehead atoms. The van der Waals surface area contributed by atoms with Crippen molar-refractivity contribution < 1.29 is 4.39 Å². The largest absolute Gasteiger partial charge is 0.309 e. The van der Waals surface area contributed by atoms with Crippen molar-refractivity contribution >= 4 is 11.8 Å². The van der Waals surface area contributed by atoms with E-state index in [1.807, 2.05) is 19.1 Å². The van der Waals surface area contributed by atoms with Gasteiger partial charge in [-0.05, 0) is 13.0 Å². The van der Waals surface area contributed by atoms with Crippen LogP contribution < -0.4 is 5.32 Å². The summed E-state index contributed by atoms with van der Waals surface area (Å²) >= 11 is 1.70. The Balaban J connectivity index is 2.33. The molecule has 1 unspecified atom stereocenters. The van der Waals surface area contributed by atoms with Crippen LogP contribution in [0.1, 0.15) is 18.5 Å². The van der Waals surface area contributed by atoms with E-state index in [9.17, 15) is 4.39 Å². The van der Waals surface area contributed by atoms with Crippen LogP contribution in [0.15, 0.2) is 24.3 Å². The van der Waals surface area contributed by atoms with Crippen molar-refractivity contribution in [1.82, 2.24) is 5.32 Å². The zero-order valence-electron chi connectivity index (χ0n) is 9.37. The van der Waals surface area contributed by atoms with Crippen molar-refractivity contribution in [3.63, 3.8) is 0 Å². The molecule has 3 heteroatoms. The number of hydrogen-bond acceptors (Lipinski definition) is 2. The van der Waals surface area contributed by atoms with Crippen LogP contribution in [-0.2, 0) is 0 Å². The number of nitrogens with one attached hydrogen (secondary N) is 1. The van der Waals surface area contributed by atoms with Gasteiger partial charge in [0.05, 0.1) is 5.75 Å². The predicted molar refractivity (Wildman–Crippen MR) is 69.0 cm³/mol. The summed E-state index contributed by atoms with van der Waals surface area (Å²) in [4.78, 5) is 0. The Bertz CT molecular complexity index is 359. The van der Waals surface area contributed by atoms with Crippen molar-refractivity contribution in [2.24, 2.45) is 0 Å². The van der Waals surface area contributed by atoms with E-state index in [4.69, 9.17) is 6.42 Å². The molecule has 0 fully saturated rings. The summed E-state index contributed by atoms with van der Waals surface area (Å²) < 4.78 is 13.4. The van der Waals surface area contributed by atoms with E-state index in [0.717, 1.165) is 18.1 Å². The summed E-state index contributed by atoms with van der Waals surface area (Å²) in [6.07, 6.45) is 5.14. The van der Waals surface area contributed by atoms with Gasteiger partial charge in [0.2, 0.25) is 0 Å². The second-order valence-electron chi connectivity index (χ2n) is 3.45. The number of thioether (sulfide) groups is 1. The summed E-state index contributed by atoms with van der Waals surface area (Å²) in [7, 11) is 0. The van der Waals surface area contributed by atoms with Gasteiger partial charge >= 0.3 is 0 Å². The van der Waals surface area contributed by atoms with Gasteiger partial charge in [0.25, 0.3) is 0 Å². The highest BCUT2D eigenvalue weighted by Crippen LogP contribution is 2.15. The van der Waals surface area contributed by atoms with Crippen molar-refractivity contribution in [3.8, 4) is 12.3 Å². The molecule has 0 saturated heterocycles. The van der Waals surface area contributed by atoms with E-state index in [0.29, 0.717) is 5.56 Å². The molecule has 0 aliphatic carbocycles. The molecule has 16 heavy (non-hydrogen) atoms. The van der Waals surface area contributed by atoms with Crippen LogP contribution in [0.25, 0.3) is 0 Å². The topological polar surface area (TPSA) is 12.0 Å². The molecular weight excluding hydrogens is 221 g/mol. The third kappa shape index (κ3) is 4.26. The van der Waals surface area contributed by atoms with Crippen LogP contribution in [-0.4, -0.2) is 18.1 Å². The SMILES string of the molecule is C#CCSCCNC(C)c1ccccc1F. The third-order valence-corrected chi connectivity index (χ3v) is 3.12. The van der Waals surface area contributed by atoms with Crippen molar-refractivity contribution in [1.29, 1.82) is 0 Å². The van der Waals surface area contributed by atoms with E-state index >= 15 is 0 Å². The second-order valence-corrected chi connectivity index (χ2v) is 4.56. The Hall–Kier alpha value is -0.980. The first kappa shape index (κ1) is 13.1. The summed E-state index contributed by atoms with van der Waals surface area (Å²) in [6.45, 7) is 2.80. The van der Waals surface area contributed by atoms with Gasteiger partial charge < -0.3 is 5.32 Å². The maximum absolute atomic E-state index is 13.4. The average molecular weight is 237 g/mol. The minimum Gasteiger partial charge on any atom is -0.309 e. The molecule has 0 aliphatic heterocycles. The van der Waals surface area contributed by atoms with Crippen LogP contribution >= 0.6 is 11.8 Å². The molecule has 0 heterocycles. The minimum absolute atomic E-state index is 0.0348. The fourth-order valence-electron chi connectivity index (χ4n) is 1.41. The maximum Gasteiger partial charge on any atom is 0.127 e. The van der Waals surface area contributed by atoms with Crippen molar-refractivity contribution in [2.45, 2.75) is 13.0 Å². The first-order valence-electron chi connectivity index (χ1n) is 5.24. The molecule has 0 aliphatic rings. The van der Waals surface area contributed by atoms with Crippen molar-refractivity contribution in [3.05, 3.63) is 35.6 Å². The highest BCUT2D eigenvalue weighted by Gasteiger charge is 2.08. The molecule has 0 radical (unpaired) electrons. The van der Waals surface area contributed by atoms with Crippen LogP contribution in [0.5, 0.6) is 0 Å². The Morgan fingerprint density at radius 2 is 2.25 bits per heavy atom. The standard InChI is InChI=1S/C13H16FNS/c1-3-9-16-10-8-15-11(2)12-6-4-5-7-13(12)14/h1,4-7,11,15H,8-10H2,2H3. The minimum atomic E-state index is -0.154. The highest BCUT2D eigenvalue weighted by molar-refractivity contribution is 7.99. The van der Waals surface area contributed by atoms with Gasteiger partial charge in [-0.15, -0.1) is 18.2 Å². The first-order valence-corrected chi connectivity index (χ1v) is 6.40. The summed E-state index contributed by atoms with van der Waals surface area (Å²) in [5, 5.41) is 3.27. The number of hydrogen-bond donors (Lipinski definition) is 1. The van der Waals surface area contributed by atoms with E-state index in [2.05, 4.69) is 11.2 Å². The van der Waals surface area contributed by atoms with Gasteiger partial charge in [0, 0.05) is 23.9 Å². The summed E-state index contributed by atoms with van der Waals surface area (Å²) in [5.74, 6) is 4.10. The zero-order valence-corrected chi connectivity index (χ0v) is 10.2. The van der Waals surface area contributed by atoms with Crippen LogP contribution in [0.3, 0.4) is 0 Å². The first-order chi connectivity index (χ1) is 7.75. The number of terminal acetylenes is 1. The van der Waals surface area contributed by atoms with Gasteiger partial charge in [-0.25, -0.2) is 4.39 Å². The van der Waals surface area contributed by atoms with Crippen LogP contribution in [0.2, 0.25) is 0 Å². The molecule has 1 atom stereocenters. The molecule has 0 amide bonds. The summed E-state index contributed by atoms with van der Waals surface area (Å²) in [5.41, 5.74) is 0.712. The van der Waals surface area contributed by atoms with E-state index < -0.39 is 0 Å². The quantitative estimate of drug-likeness (QED) is 0.603.